The Morgan fingerprint density at radius 1 is 1.45 bits per heavy atom. The van der Waals surface area contributed by atoms with Gasteiger partial charge in [0.05, 0.1) is 6.54 Å². The van der Waals surface area contributed by atoms with Gasteiger partial charge in [-0.05, 0) is 44.6 Å². The Morgan fingerprint density at radius 3 is 2.90 bits per heavy atom. The molecule has 2 rings (SSSR count). The van der Waals surface area contributed by atoms with Gasteiger partial charge in [-0.3, -0.25) is 0 Å². The molecule has 0 bridgehead atoms. The lowest BCUT2D eigenvalue weighted by atomic mass is 10.1. The molecule has 1 aliphatic rings. The molecule has 1 aromatic heterocycles. The van der Waals surface area contributed by atoms with Crippen molar-refractivity contribution in [1.82, 2.24) is 14.9 Å². The first-order valence-electron chi connectivity index (χ1n) is 7.00. The maximum absolute atomic E-state index is 12.1. The van der Waals surface area contributed by atoms with Crippen molar-refractivity contribution in [3.8, 4) is 0 Å². The van der Waals surface area contributed by atoms with Crippen molar-refractivity contribution in [3.05, 3.63) is 17.9 Å². The quantitative estimate of drug-likeness (QED) is 0.772. The number of rotatable bonds is 7. The molecule has 0 radical (unpaired) electrons. The minimum Gasteiger partial charge on any atom is -0.447 e. The highest BCUT2D eigenvalue weighted by molar-refractivity contribution is 7.89. The third kappa shape index (κ3) is 3.82. The first-order valence-corrected chi connectivity index (χ1v) is 8.48. The van der Waals surface area contributed by atoms with E-state index in [1.54, 1.807) is 13.1 Å². The summed E-state index contributed by atoms with van der Waals surface area (Å²) in [4.78, 5) is 2.33. The molecule has 1 fully saturated rings. The van der Waals surface area contributed by atoms with E-state index in [1.807, 2.05) is 0 Å². The molecule has 0 amide bonds. The van der Waals surface area contributed by atoms with Gasteiger partial charge in [-0.1, -0.05) is 6.92 Å². The fourth-order valence-electron chi connectivity index (χ4n) is 2.44. The molecule has 0 spiro atoms. The maximum Gasteiger partial charge on any atom is 0.273 e. The molecule has 0 aliphatic carbocycles. The Labute approximate surface area is 120 Å². The van der Waals surface area contributed by atoms with Gasteiger partial charge in [-0.15, -0.1) is 0 Å². The Morgan fingerprint density at radius 2 is 2.25 bits per heavy atom. The van der Waals surface area contributed by atoms with Crippen LogP contribution < -0.4 is 10.0 Å². The summed E-state index contributed by atoms with van der Waals surface area (Å²) < 4.78 is 32.2. The second-order valence-electron chi connectivity index (χ2n) is 5.15. The van der Waals surface area contributed by atoms with Crippen molar-refractivity contribution in [2.24, 2.45) is 5.92 Å². The SMILES string of the molecule is CCN1CCC(CNS(=O)(=O)c2ccc(CNC)o2)C1. The third-order valence-corrected chi connectivity index (χ3v) is 4.93. The van der Waals surface area contributed by atoms with Crippen molar-refractivity contribution in [1.29, 1.82) is 0 Å². The molecule has 2 N–H and O–H groups in total. The van der Waals surface area contributed by atoms with Crippen molar-refractivity contribution in [2.45, 2.75) is 25.0 Å². The summed E-state index contributed by atoms with van der Waals surface area (Å²) in [7, 11) is -1.75. The number of furan rings is 1. The molecular weight excluding hydrogens is 278 g/mol. The molecule has 0 saturated carbocycles. The van der Waals surface area contributed by atoms with Gasteiger partial charge in [-0.25, -0.2) is 13.1 Å². The van der Waals surface area contributed by atoms with Gasteiger partial charge in [0, 0.05) is 13.1 Å². The Kier molecular flexibility index (Phi) is 5.20. The summed E-state index contributed by atoms with van der Waals surface area (Å²) in [6.07, 6.45) is 1.04. The van der Waals surface area contributed by atoms with E-state index in [2.05, 4.69) is 21.9 Å². The predicted octanol–water partition coefficient (Wildman–Crippen LogP) is 0.619. The van der Waals surface area contributed by atoms with Crippen molar-refractivity contribution < 1.29 is 12.8 Å². The molecule has 114 valence electrons. The van der Waals surface area contributed by atoms with Gasteiger partial charge >= 0.3 is 0 Å². The minimum atomic E-state index is -3.53. The van der Waals surface area contributed by atoms with Gasteiger partial charge in [0.25, 0.3) is 10.0 Å². The van der Waals surface area contributed by atoms with Crippen molar-refractivity contribution in [3.63, 3.8) is 0 Å². The molecule has 0 aromatic carbocycles. The highest BCUT2D eigenvalue weighted by atomic mass is 32.2. The average Bonchev–Trinajstić information content (AvgIpc) is 3.06. The van der Waals surface area contributed by atoms with E-state index in [0.29, 0.717) is 24.8 Å². The van der Waals surface area contributed by atoms with Gasteiger partial charge in [0.2, 0.25) is 5.09 Å². The first-order chi connectivity index (χ1) is 9.55. The van der Waals surface area contributed by atoms with Crippen LogP contribution in [0.1, 0.15) is 19.1 Å². The fraction of sp³-hybridized carbons (Fsp3) is 0.692. The predicted molar refractivity (Wildman–Crippen MR) is 76.9 cm³/mol. The molecule has 1 atom stereocenters. The van der Waals surface area contributed by atoms with E-state index < -0.39 is 10.0 Å². The second kappa shape index (κ2) is 6.71. The summed E-state index contributed by atoms with van der Waals surface area (Å²) in [6, 6.07) is 3.18. The van der Waals surface area contributed by atoms with Crippen LogP contribution >= 0.6 is 0 Å². The molecule has 1 aliphatic heterocycles. The van der Waals surface area contributed by atoms with E-state index in [0.717, 1.165) is 26.1 Å². The first kappa shape index (κ1) is 15.5. The van der Waals surface area contributed by atoms with E-state index >= 15 is 0 Å². The summed E-state index contributed by atoms with van der Waals surface area (Å²) in [5.41, 5.74) is 0. The normalized spacial score (nSPS) is 20.6. The van der Waals surface area contributed by atoms with Crippen LogP contribution in [-0.4, -0.2) is 46.5 Å². The van der Waals surface area contributed by atoms with E-state index in [-0.39, 0.29) is 5.09 Å². The monoisotopic (exact) mass is 301 g/mol. The standard InChI is InChI=1S/C13H23N3O3S/c1-3-16-7-6-11(10-16)8-15-20(17,18)13-5-4-12(19-13)9-14-2/h4-5,11,14-15H,3,6-10H2,1-2H3. The maximum atomic E-state index is 12.1. The molecule has 6 nitrogen and oxygen atoms in total. The minimum absolute atomic E-state index is 0.00639. The summed E-state index contributed by atoms with van der Waals surface area (Å²) in [5.74, 6) is 1.00. The number of sulfonamides is 1. The summed E-state index contributed by atoms with van der Waals surface area (Å²) in [6.45, 7) is 6.15. The molecule has 20 heavy (non-hydrogen) atoms. The number of nitrogens with one attached hydrogen (secondary N) is 2. The molecule has 2 heterocycles. The number of hydrogen-bond donors (Lipinski definition) is 2. The van der Waals surface area contributed by atoms with Crippen molar-refractivity contribution in [2.75, 3.05) is 33.2 Å². The molecule has 1 unspecified atom stereocenters. The van der Waals surface area contributed by atoms with Crippen LogP contribution in [0.3, 0.4) is 0 Å². The fourth-order valence-corrected chi connectivity index (χ4v) is 3.50. The van der Waals surface area contributed by atoms with E-state index in [4.69, 9.17) is 4.42 Å². The largest absolute Gasteiger partial charge is 0.447 e. The summed E-state index contributed by atoms with van der Waals surface area (Å²) in [5, 5.41) is 2.92. The number of nitrogens with zero attached hydrogens (tertiary/aromatic N) is 1. The lowest BCUT2D eigenvalue weighted by molar-refractivity contribution is 0.341. The smallest absolute Gasteiger partial charge is 0.273 e. The van der Waals surface area contributed by atoms with Crippen LogP contribution in [0.2, 0.25) is 0 Å². The van der Waals surface area contributed by atoms with Crippen LogP contribution in [0.5, 0.6) is 0 Å². The zero-order valence-electron chi connectivity index (χ0n) is 12.1. The Balaban J connectivity index is 1.90. The number of likely N-dealkylation sites (tertiary alicyclic amines) is 1. The zero-order chi connectivity index (χ0) is 14.6. The third-order valence-electron chi connectivity index (χ3n) is 3.63. The molecule has 1 saturated heterocycles. The topological polar surface area (TPSA) is 74.6 Å². The average molecular weight is 301 g/mol. The Bertz CT molecular complexity index is 527. The van der Waals surface area contributed by atoms with Crippen LogP contribution in [0.25, 0.3) is 0 Å². The van der Waals surface area contributed by atoms with Crippen LogP contribution in [0.4, 0.5) is 0 Å². The van der Waals surface area contributed by atoms with Gasteiger partial charge < -0.3 is 14.6 Å². The Hall–Kier alpha value is -0.890. The van der Waals surface area contributed by atoms with E-state index in [9.17, 15) is 8.42 Å². The highest BCUT2D eigenvalue weighted by Crippen LogP contribution is 2.17. The molecule has 7 heteroatoms. The lowest BCUT2D eigenvalue weighted by Gasteiger charge is -2.13. The van der Waals surface area contributed by atoms with Gasteiger partial charge in [0.1, 0.15) is 5.76 Å². The van der Waals surface area contributed by atoms with E-state index in [1.165, 1.54) is 6.07 Å². The zero-order valence-corrected chi connectivity index (χ0v) is 12.9. The van der Waals surface area contributed by atoms with Crippen molar-refractivity contribution >= 4 is 10.0 Å². The molecular formula is C13H23N3O3S. The van der Waals surface area contributed by atoms with Crippen LogP contribution in [-0.2, 0) is 16.6 Å². The van der Waals surface area contributed by atoms with Gasteiger partial charge in [0.15, 0.2) is 0 Å². The van der Waals surface area contributed by atoms with Crippen LogP contribution in [0, 0.1) is 5.92 Å². The highest BCUT2D eigenvalue weighted by Gasteiger charge is 2.24. The summed E-state index contributed by atoms with van der Waals surface area (Å²) >= 11 is 0. The van der Waals surface area contributed by atoms with Gasteiger partial charge in [-0.2, -0.15) is 0 Å². The lowest BCUT2D eigenvalue weighted by Crippen LogP contribution is -2.30. The number of hydrogen-bond acceptors (Lipinski definition) is 5. The van der Waals surface area contributed by atoms with Crippen LogP contribution in [0.15, 0.2) is 21.6 Å². The molecule has 1 aromatic rings. The second-order valence-corrected chi connectivity index (χ2v) is 6.85.